The summed E-state index contributed by atoms with van der Waals surface area (Å²) in [6.45, 7) is 12.6. The molecule has 36 heavy (non-hydrogen) atoms. The van der Waals surface area contributed by atoms with Crippen LogP contribution in [0.5, 0.6) is 0 Å². The second-order valence-corrected chi connectivity index (χ2v) is 11.8. The van der Waals surface area contributed by atoms with E-state index < -0.39 is 18.0 Å². The molecule has 0 aromatic rings. The Hall–Kier alpha value is -1.66. The third kappa shape index (κ3) is 5.60. The smallest absolute Gasteiger partial charge is 0.353 e. The van der Waals surface area contributed by atoms with Crippen LogP contribution >= 0.6 is 11.8 Å². The van der Waals surface area contributed by atoms with Gasteiger partial charge in [0.25, 0.3) is 0 Å². The highest BCUT2D eigenvalue weighted by molar-refractivity contribution is 8.03. The van der Waals surface area contributed by atoms with Crippen molar-refractivity contribution in [2.24, 2.45) is 11.8 Å². The predicted octanol–water partition coefficient (Wildman–Crippen LogP) is 0.138. The fraction of sp³-hybridized carbons (Fsp3) is 0.800. The molecular formula is C25H41N5O5S. The molecule has 0 bridgehead atoms. The fourth-order valence-electron chi connectivity index (χ4n) is 6.02. The van der Waals surface area contributed by atoms with Gasteiger partial charge in [-0.1, -0.05) is 13.8 Å². The summed E-state index contributed by atoms with van der Waals surface area (Å²) in [6, 6.07) is 0.0703. The number of rotatable bonds is 11. The lowest BCUT2D eigenvalue weighted by Gasteiger charge is -2.46. The molecule has 4 aliphatic rings. The molecule has 3 saturated heterocycles. The van der Waals surface area contributed by atoms with Gasteiger partial charge < -0.3 is 35.5 Å². The van der Waals surface area contributed by atoms with E-state index in [0.717, 1.165) is 63.6 Å². The van der Waals surface area contributed by atoms with E-state index in [1.54, 1.807) is 18.7 Å². The van der Waals surface area contributed by atoms with Crippen LogP contribution in [0.1, 0.15) is 40.0 Å². The van der Waals surface area contributed by atoms with E-state index in [-0.39, 0.29) is 34.7 Å². The van der Waals surface area contributed by atoms with Crippen molar-refractivity contribution in [2.75, 3.05) is 52.4 Å². The van der Waals surface area contributed by atoms with Gasteiger partial charge in [0.15, 0.2) is 0 Å². The minimum Gasteiger partial charge on any atom is -0.477 e. The van der Waals surface area contributed by atoms with Gasteiger partial charge in [-0.3, -0.25) is 9.59 Å². The first-order chi connectivity index (χ1) is 17.2. The van der Waals surface area contributed by atoms with E-state index in [1.165, 1.54) is 4.90 Å². The number of carbonyl (C=O) groups is 3. The van der Waals surface area contributed by atoms with Crippen LogP contribution in [0.2, 0.25) is 0 Å². The van der Waals surface area contributed by atoms with Gasteiger partial charge in [0, 0.05) is 67.8 Å². The Bertz CT molecular complexity index is 875. The number of aliphatic hydroxyl groups excluding tert-OH is 1. The van der Waals surface area contributed by atoms with Gasteiger partial charge in [-0.2, -0.15) is 0 Å². The van der Waals surface area contributed by atoms with Crippen LogP contribution < -0.4 is 10.6 Å². The quantitative estimate of drug-likeness (QED) is 0.221. The van der Waals surface area contributed by atoms with Crippen molar-refractivity contribution in [3.8, 4) is 0 Å². The molecule has 6 atom stereocenters. The number of likely N-dealkylation sites (N-methyl/N-ethyl adjacent to an activating group) is 1. The number of aliphatic carboxylic acids is 1. The van der Waals surface area contributed by atoms with Crippen molar-refractivity contribution in [3.63, 3.8) is 0 Å². The van der Waals surface area contributed by atoms with Gasteiger partial charge in [0.1, 0.15) is 5.70 Å². The maximum Gasteiger partial charge on any atom is 0.353 e. The fourth-order valence-corrected chi connectivity index (χ4v) is 7.54. The van der Waals surface area contributed by atoms with Gasteiger partial charge in [0.05, 0.1) is 18.1 Å². The number of carbonyl (C=O) groups excluding carboxylic acids is 2. The van der Waals surface area contributed by atoms with Gasteiger partial charge in [-0.25, -0.2) is 4.79 Å². The molecule has 0 radical (unpaired) electrons. The third-order valence-electron chi connectivity index (χ3n) is 8.14. The van der Waals surface area contributed by atoms with E-state index in [9.17, 15) is 24.6 Å². The van der Waals surface area contributed by atoms with Crippen molar-refractivity contribution in [2.45, 2.75) is 63.5 Å². The standard InChI is InChI=1S/C25H41N5O5S/c1-4-28-9-11-29(12-10-28)19(32)6-8-26-7-5-17-13-18(14-27-17)36-23-15(2)21-20(16(3)31)24(33)30(21)22(23)25(34)35/h15-18,20-21,26-27,31H,4-14H2,1-3H3,(H,34,35)/t15-,16-,17+,18+,20-,21-/m1/s1. The van der Waals surface area contributed by atoms with E-state index in [2.05, 4.69) is 22.5 Å². The number of aliphatic hydroxyl groups is 1. The van der Waals surface area contributed by atoms with Gasteiger partial charge in [-0.15, -0.1) is 11.8 Å². The van der Waals surface area contributed by atoms with Crippen LogP contribution in [0, 0.1) is 11.8 Å². The summed E-state index contributed by atoms with van der Waals surface area (Å²) < 4.78 is 0. The van der Waals surface area contributed by atoms with E-state index in [4.69, 9.17) is 0 Å². The molecule has 0 aromatic carbocycles. The van der Waals surface area contributed by atoms with Crippen LogP contribution in [0.3, 0.4) is 0 Å². The number of carboxylic acids is 1. The highest BCUT2D eigenvalue weighted by atomic mass is 32.2. The molecule has 4 heterocycles. The summed E-state index contributed by atoms with van der Waals surface area (Å²) in [5.41, 5.74) is 0.102. The maximum absolute atomic E-state index is 12.5. The van der Waals surface area contributed by atoms with Crippen molar-refractivity contribution in [3.05, 3.63) is 10.6 Å². The number of nitrogens with zero attached hydrogens (tertiary/aromatic N) is 3. The second kappa shape index (κ2) is 11.8. The molecule has 4 aliphatic heterocycles. The lowest BCUT2D eigenvalue weighted by Crippen LogP contribution is -2.63. The Morgan fingerprint density at radius 1 is 1.22 bits per heavy atom. The van der Waals surface area contributed by atoms with Crippen LogP contribution in [0.15, 0.2) is 10.6 Å². The van der Waals surface area contributed by atoms with E-state index >= 15 is 0 Å². The molecule has 0 unspecified atom stereocenters. The minimum absolute atomic E-state index is 0.0957. The Morgan fingerprint density at radius 3 is 2.58 bits per heavy atom. The molecule has 4 N–H and O–H groups in total. The van der Waals surface area contributed by atoms with Crippen molar-refractivity contribution >= 4 is 29.5 Å². The number of nitrogens with one attached hydrogen (secondary N) is 2. The topological polar surface area (TPSA) is 125 Å². The zero-order valence-electron chi connectivity index (χ0n) is 21.6. The summed E-state index contributed by atoms with van der Waals surface area (Å²) in [4.78, 5) is 43.4. The van der Waals surface area contributed by atoms with Crippen molar-refractivity contribution in [1.29, 1.82) is 0 Å². The highest BCUT2D eigenvalue weighted by Gasteiger charge is 2.60. The summed E-state index contributed by atoms with van der Waals surface area (Å²) in [7, 11) is 0. The largest absolute Gasteiger partial charge is 0.477 e. The molecular weight excluding hydrogens is 482 g/mol. The molecule has 0 saturated carbocycles. The first-order valence-electron chi connectivity index (χ1n) is 13.3. The number of β-lactam (4-membered cyclic amide) rings is 1. The number of hydrogen-bond donors (Lipinski definition) is 4. The number of amides is 2. The summed E-state index contributed by atoms with van der Waals surface area (Å²) in [5.74, 6) is -1.76. The number of carboxylic acid groups (broad SMARTS) is 1. The Kier molecular flexibility index (Phi) is 8.98. The summed E-state index contributed by atoms with van der Waals surface area (Å²) in [6.07, 6.45) is 1.61. The SMILES string of the molecule is CCN1CCN(C(=O)CCNCC[C@H]2C[C@H](SC3=C(C(=O)O)N4C(=O)[C@H]([C@@H](C)O)[C@H]4[C@H]3C)CN2)CC1. The minimum atomic E-state index is -1.07. The summed E-state index contributed by atoms with van der Waals surface area (Å²) >= 11 is 1.58. The van der Waals surface area contributed by atoms with Crippen LogP contribution in [-0.4, -0.2) is 118 Å². The number of thioether (sulfide) groups is 1. The third-order valence-corrected chi connectivity index (χ3v) is 9.66. The monoisotopic (exact) mass is 523 g/mol. The van der Waals surface area contributed by atoms with Crippen LogP contribution in [0.25, 0.3) is 0 Å². The van der Waals surface area contributed by atoms with Gasteiger partial charge in [-0.05, 0) is 32.9 Å². The van der Waals surface area contributed by atoms with Crippen molar-refractivity contribution in [1.82, 2.24) is 25.3 Å². The normalized spacial score (nSPS) is 31.6. The Balaban J connectivity index is 1.18. The second-order valence-electron chi connectivity index (χ2n) is 10.5. The first kappa shape index (κ1) is 27.4. The molecule has 202 valence electrons. The maximum atomic E-state index is 12.5. The van der Waals surface area contributed by atoms with Crippen LogP contribution in [-0.2, 0) is 14.4 Å². The molecule has 11 heteroatoms. The van der Waals surface area contributed by atoms with Gasteiger partial charge >= 0.3 is 5.97 Å². The Labute approximate surface area is 217 Å². The predicted molar refractivity (Wildman–Crippen MR) is 138 cm³/mol. The average Bonchev–Trinajstić information content (AvgIpc) is 3.39. The van der Waals surface area contributed by atoms with Crippen LogP contribution in [0.4, 0.5) is 0 Å². The number of piperazine rings is 1. The molecule has 0 spiro atoms. The van der Waals surface area contributed by atoms with E-state index in [0.29, 0.717) is 19.0 Å². The Morgan fingerprint density at radius 2 is 1.94 bits per heavy atom. The highest BCUT2D eigenvalue weighted by Crippen LogP contribution is 2.51. The lowest BCUT2D eigenvalue weighted by molar-refractivity contribution is -0.163. The molecule has 3 fully saturated rings. The van der Waals surface area contributed by atoms with Gasteiger partial charge in [0.2, 0.25) is 11.8 Å². The molecule has 4 rings (SSSR count). The molecule has 0 aromatic heterocycles. The van der Waals surface area contributed by atoms with Crippen molar-refractivity contribution < 1.29 is 24.6 Å². The number of fused-ring (bicyclic) bond motifs is 1. The zero-order chi connectivity index (χ0) is 26.0. The average molecular weight is 524 g/mol. The molecule has 10 nitrogen and oxygen atoms in total. The zero-order valence-corrected chi connectivity index (χ0v) is 22.4. The first-order valence-corrected chi connectivity index (χ1v) is 14.2. The lowest BCUT2D eigenvalue weighted by atomic mass is 9.79. The molecule has 2 amide bonds. The number of hydrogen-bond acceptors (Lipinski definition) is 8. The molecule has 0 aliphatic carbocycles. The summed E-state index contributed by atoms with van der Waals surface area (Å²) in [5, 5.41) is 27.0. The van der Waals surface area contributed by atoms with E-state index in [1.807, 2.05) is 11.8 Å².